The number of aryl methyl sites for hydroxylation is 1. The van der Waals surface area contributed by atoms with Crippen LogP contribution in [0.1, 0.15) is 15.9 Å². The summed E-state index contributed by atoms with van der Waals surface area (Å²) >= 11 is 0. The molecule has 0 radical (unpaired) electrons. The summed E-state index contributed by atoms with van der Waals surface area (Å²) in [5, 5.41) is 2.31. The van der Waals surface area contributed by atoms with Gasteiger partial charge in [-0.2, -0.15) is 8.42 Å². The highest BCUT2D eigenvalue weighted by Gasteiger charge is 2.14. The Balaban J connectivity index is 2.22. The van der Waals surface area contributed by atoms with Gasteiger partial charge in [-0.15, -0.1) is 0 Å². The van der Waals surface area contributed by atoms with E-state index in [1.54, 1.807) is 6.92 Å². The Morgan fingerprint density at radius 2 is 2.00 bits per heavy atom. The summed E-state index contributed by atoms with van der Waals surface area (Å²) in [6.07, 6.45) is 2.11. The highest BCUT2D eigenvalue weighted by Crippen LogP contribution is 2.19. The lowest BCUT2D eigenvalue weighted by Gasteiger charge is -2.07. The molecule has 22 heavy (non-hydrogen) atoms. The molecule has 1 aromatic heterocycles. The second kappa shape index (κ2) is 6.06. The Morgan fingerprint density at radius 3 is 2.68 bits per heavy atom. The van der Waals surface area contributed by atoms with E-state index in [1.165, 1.54) is 18.3 Å². The van der Waals surface area contributed by atoms with Crippen LogP contribution in [0, 0.1) is 12.7 Å². The van der Waals surface area contributed by atoms with Gasteiger partial charge >= 0.3 is 10.5 Å². The van der Waals surface area contributed by atoms with Crippen LogP contribution in [0.3, 0.4) is 0 Å². The molecule has 0 spiro atoms. The molecule has 1 heterocycles. The molecule has 9 heteroatoms. The van der Waals surface area contributed by atoms with E-state index in [-0.39, 0.29) is 11.3 Å². The molecule has 0 saturated heterocycles. The van der Waals surface area contributed by atoms with Crippen molar-refractivity contribution < 1.29 is 25.7 Å². The van der Waals surface area contributed by atoms with E-state index < -0.39 is 28.0 Å². The van der Waals surface area contributed by atoms with Crippen molar-refractivity contribution in [3.8, 4) is 5.75 Å². The number of nitrogens with zero attached hydrogens (tertiary/aromatic N) is 1. The van der Waals surface area contributed by atoms with Gasteiger partial charge in [-0.25, -0.2) is 4.39 Å². The number of benzene rings is 1. The monoisotopic (exact) mass is 328 g/mol. The maximum Gasteiger partial charge on any atom is 0.488 e. The molecule has 0 aliphatic carbocycles. The Kier molecular flexibility index (Phi) is 4.36. The van der Waals surface area contributed by atoms with E-state index in [0.29, 0.717) is 5.56 Å². The van der Waals surface area contributed by atoms with Crippen molar-refractivity contribution in [2.45, 2.75) is 6.92 Å². The predicted octanol–water partition coefficient (Wildman–Crippen LogP) is 2.37. The number of carbonyl (C=O) groups is 1. The molecule has 1 aromatic carbocycles. The van der Waals surface area contributed by atoms with Crippen LogP contribution in [-0.2, 0) is 10.5 Å². The largest absolute Gasteiger partial charge is 0.488 e. The first-order valence-corrected chi connectivity index (χ1v) is 7.22. The number of anilines is 1. The quantitative estimate of drug-likeness (QED) is 0.871. The maximum atomic E-state index is 13.6. The summed E-state index contributed by atoms with van der Waals surface area (Å²) < 4.78 is 50.8. The van der Waals surface area contributed by atoms with E-state index in [4.69, 9.17) is 0 Å². The van der Waals surface area contributed by atoms with E-state index in [1.807, 2.05) is 0 Å². The molecule has 2 rings (SSSR count). The van der Waals surface area contributed by atoms with Crippen molar-refractivity contribution in [3.05, 3.63) is 53.6 Å². The molecule has 1 amide bonds. The second-order valence-electron chi connectivity index (χ2n) is 4.32. The maximum absolute atomic E-state index is 13.6. The highest BCUT2D eigenvalue weighted by molar-refractivity contribution is 7.81. The lowest BCUT2D eigenvalue weighted by Crippen LogP contribution is -2.14. The van der Waals surface area contributed by atoms with Crippen LogP contribution in [0.25, 0.3) is 0 Å². The molecule has 0 unspecified atom stereocenters. The fourth-order valence-electron chi connectivity index (χ4n) is 1.66. The average molecular weight is 328 g/mol. The third-order valence-electron chi connectivity index (χ3n) is 2.53. The molecular formula is C13H10F2N2O4S. The minimum absolute atomic E-state index is 0.0204. The minimum atomic E-state index is -5.20. The fraction of sp³-hybridized carbons (Fsp3) is 0.0769. The third-order valence-corrected chi connectivity index (χ3v) is 2.92. The zero-order valence-corrected chi connectivity index (χ0v) is 12.0. The predicted molar refractivity (Wildman–Crippen MR) is 74.0 cm³/mol. The molecule has 0 atom stereocenters. The van der Waals surface area contributed by atoms with Gasteiger partial charge in [0.1, 0.15) is 5.82 Å². The summed E-state index contributed by atoms with van der Waals surface area (Å²) in [5.74, 6) is -1.90. The van der Waals surface area contributed by atoms with Crippen LogP contribution >= 0.6 is 0 Å². The van der Waals surface area contributed by atoms with E-state index in [2.05, 4.69) is 14.5 Å². The Hall–Kier alpha value is -2.55. The van der Waals surface area contributed by atoms with Gasteiger partial charge in [0.2, 0.25) is 0 Å². The van der Waals surface area contributed by atoms with Crippen LogP contribution in [0.4, 0.5) is 14.0 Å². The van der Waals surface area contributed by atoms with Crippen molar-refractivity contribution in [1.82, 2.24) is 4.98 Å². The number of hydrogen-bond donors (Lipinski definition) is 1. The van der Waals surface area contributed by atoms with Crippen LogP contribution in [0.15, 0.2) is 36.7 Å². The first-order valence-electron chi connectivity index (χ1n) is 5.91. The summed E-state index contributed by atoms with van der Waals surface area (Å²) in [6.45, 7) is 1.69. The molecule has 0 saturated carbocycles. The van der Waals surface area contributed by atoms with E-state index in [0.717, 1.165) is 18.3 Å². The lowest BCUT2D eigenvalue weighted by atomic mass is 10.1. The summed E-state index contributed by atoms with van der Waals surface area (Å²) in [5.41, 5.74) is 0.516. The molecule has 0 fully saturated rings. The molecule has 0 bridgehead atoms. The Labute approximate surface area is 125 Å². The average Bonchev–Trinajstić information content (AvgIpc) is 2.40. The lowest BCUT2D eigenvalue weighted by molar-refractivity contribution is 0.102. The minimum Gasteiger partial charge on any atom is -0.357 e. The molecule has 0 aliphatic rings. The van der Waals surface area contributed by atoms with Gasteiger partial charge in [0, 0.05) is 6.07 Å². The number of nitrogens with one attached hydrogen (secondary N) is 1. The fourth-order valence-corrected chi connectivity index (χ4v) is 1.98. The molecular weight excluding hydrogens is 318 g/mol. The zero-order valence-electron chi connectivity index (χ0n) is 11.2. The number of carbonyl (C=O) groups excluding carboxylic acids is 1. The molecule has 2 aromatic rings. The second-order valence-corrected chi connectivity index (χ2v) is 5.28. The normalized spacial score (nSPS) is 11.0. The molecule has 6 nitrogen and oxygen atoms in total. The third kappa shape index (κ3) is 4.22. The first kappa shape index (κ1) is 15.8. The van der Waals surface area contributed by atoms with Gasteiger partial charge in [-0.1, -0.05) is 15.5 Å². The van der Waals surface area contributed by atoms with Crippen LogP contribution < -0.4 is 9.50 Å². The molecule has 0 aliphatic heterocycles. The number of aromatic nitrogens is 1. The molecule has 116 valence electrons. The summed E-state index contributed by atoms with van der Waals surface area (Å²) in [7, 11) is -5.20. The van der Waals surface area contributed by atoms with Crippen molar-refractivity contribution in [3.63, 3.8) is 0 Å². The topological polar surface area (TPSA) is 85.4 Å². The van der Waals surface area contributed by atoms with E-state index >= 15 is 0 Å². The van der Waals surface area contributed by atoms with Gasteiger partial charge in [0.15, 0.2) is 5.75 Å². The Morgan fingerprint density at radius 1 is 1.27 bits per heavy atom. The van der Waals surface area contributed by atoms with Gasteiger partial charge in [-0.05, 0) is 19.1 Å². The summed E-state index contributed by atoms with van der Waals surface area (Å²) in [4.78, 5) is 15.6. The smallest absolute Gasteiger partial charge is 0.357 e. The van der Waals surface area contributed by atoms with Crippen molar-refractivity contribution in [1.29, 1.82) is 0 Å². The van der Waals surface area contributed by atoms with Crippen LogP contribution in [0.2, 0.25) is 0 Å². The number of halogens is 2. The van der Waals surface area contributed by atoms with Crippen molar-refractivity contribution in [2.24, 2.45) is 0 Å². The highest BCUT2D eigenvalue weighted by atomic mass is 32.3. The Bertz CT molecular complexity index is 825. The number of amides is 1. The summed E-state index contributed by atoms with van der Waals surface area (Å²) in [6, 6.07) is 5.05. The van der Waals surface area contributed by atoms with Gasteiger partial charge < -0.3 is 9.50 Å². The van der Waals surface area contributed by atoms with Crippen molar-refractivity contribution in [2.75, 3.05) is 5.32 Å². The van der Waals surface area contributed by atoms with Gasteiger partial charge in [0.25, 0.3) is 5.91 Å². The van der Waals surface area contributed by atoms with Crippen LogP contribution in [-0.4, -0.2) is 19.3 Å². The molecule has 1 N–H and O–H groups in total. The standard InChI is InChI=1S/C13H10F2N2O4S/c1-8-2-3-12(14)11(4-8)13(18)17-9-5-10(7-16-6-9)21-22(15,19)20/h2-7H,1H3,(H,17,18). The number of hydrogen-bond acceptors (Lipinski definition) is 5. The van der Waals surface area contributed by atoms with Crippen LogP contribution in [0.5, 0.6) is 5.75 Å². The zero-order chi connectivity index (χ0) is 16.3. The number of rotatable bonds is 4. The first-order chi connectivity index (χ1) is 10.2. The number of pyridine rings is 1. The van der Waals surface area contributed by atoms with E-state index in [9.17, 15) is 21.5 Å². The van der Waals surface area contributed by atoms with Gasteiger partial charge in [0.05, 0.1) is 23.6 Å². The van der Waals surface area contributed by atoms with Crippen molar-refractivity contribution >= 4 is 22.1 Å². The van der Waals surface area contributed by atoms with Gasteiger partial charge in [-0.3, -0.25) is 9.78 Å². The SMILES string of the molecule is Cc1ccc(F)c(C(=O)Nc2cncc(OS(=O)(=O)F)c2)c1.